The number of hydrogen-bond donors (Lipinski definition) is 0. The molecule has 9 rings (SSSR count). The maximum absolute atomic E-state index is 6.21. The Hall–Kier alpha value is -7.58. The lowest BCUT2D eigenvalue weighted by atomic mass is 10.1. The van der Waals surface area contributed by atoms with E-state index in [4.69, 9.17) is 8.83 Å². The van der Waals surface area contributed by atoms with E-state index in [1.807, 2.05) is 121 Å². The van der Waals surface area contributed by atoms with Crippen molar-refractivity contribution in [1.29, 1.82) is 0 Å². The Morgan fingerprint density at radius 1 is 0.259 bits per heavy atom. The number of rotatable bonds is 10. The summed E-state index contributed by atoms with van der Waals surface area (Å²) in [5.41, 5.74) is 9.33. The van der Waals surface area contributed by atoms with Crippen LogP contribution in [0, 0.1) is 0 Å². The van der Waals surface area contributed by atoms with E-state index < -0.39 is 0 Å². The molecule has 0 saturated heterocycles. The first-order valence-corrected chi connectivity index (χ1v) is 17.6. The maximum atomic E-state index is 6.21. The largest absolute Gasteiger partial charge is 0.416 e. The van der Waals surface area contributed by atoms with Crippen molar-refractivity contribution in [3.05, 3.63) is 194 Å². The van der Waals surface area contributed by atoms with Crippen LogP contribution in [0.5, 0.6) is 0 Å². The van der Waals surface area contributed by atoms with Gasteiger partial charge in [0, 0.05) is 56.4 Å². The molecule has 0 aliphatic rings. The van der Waals surface area contributed by atoms with Gasteiger partial charge in [-0.15, -0.1) is 20.4 Å². The monoisotopic (exact) mass is 700 g/mol. The average molecular weight is 701 g/mol. The van der Waals surface area contributed by atoms with Crippen LogP contribution in [0.25, 0.3) is 45.8 Å². The van der Waals surface area contributed by atoms with Gasteiger partial charge in [0.05, 0.1) is 0 Å². The van der Waals surface area contributed by atoms with Crippen LogP contribution in [-0.2, 0) is 0 Å². The minimum Gasteiger partial charge on any atom is -0.416 e. The molecule has 258 valence electrons. The van der Waals surface area contributed by atoms with Crippen LogP contribution in [0.1, 0.15) is 0 Å². The van der Waals surface area contributed by atoms with Gasteiger partial charge < -0.3 is 18.6 Å². The van der Waals surface area contributed by atoms with Gasteiger partial charge in [-0.05, 0) is 109 Å². The lowest BCUT2D eigenvalue weighted by molar-refractivity contribution is 0.583. The highest BCUT2D eigenvalue weighted by molar-refractivity contribution is 5.80. The van der Waals surface area contributed by atoms with Crippen LogP contribution < -0.4 is 9.80 Å². The standard InChI is InChI=1S/C46H32N6O2/c1-5-17-37(18-6-1)51(38-19-7-2-8-20-38)41-25-13-15-35(31-41)45-49-47-43(53-45)33-27-29-34(30-28-33)44-48-50-46(54-44)36-16-14-26-42(32-36)52(39-21-9-3-10-22-39)40-23-11-4-12-24-40/h1-32H. The molecule has 9 aromatic rings. The van der Waals surface area contributed by atoms with E-state index in [0.29, 0.717) is 23.6 Å². The van der Waals surface area contributed by atoms with Crippen LogP contribution in [0.15, 0.2) is 203 Å². The van der Waals surface area contributed by atoms with Crippen molar-refractivity contribution in [2.75, 3.05) is 9.80 Å². The summed E-state index contributed by atoms with van der Waals surface area (Å²) < 4.78 is 12.4. The smallest absolute Gasteiger partial charge is 0.248 e. The second-order valence-electron chi connectivity index (χ2n) is 12.5. The number of para-hydroxylation sites is 4. The summed E-state index contributed by atoms with van der Waals surface area (Å²) in [7, 11) is 0. The summed E-state index contributed by atoms with van der Waals surface area (Å²) in [5, 5.41) is 17.6. The van der Waals surface area contributed by atoms with Crippen LogP contribution in [0.2, 0.25) is 0 Å². The fourth-order valence-corrected chi connectivity index (χ4v) is 6.43. The maximum Gasteiger partial charge on any atom is 0.248 e. The van der Waals surface area contributed by atoms with Crippen molar-refractivity contribution in [3.8, 4) is 45.8 Å². The highest BCUT2D eigenvalue weighted by Crippen LogP contribution is 2.38. The Kier molecular flexibility index (Phi) is 8.73. The van der Waals surface area contributed by atoms with E-state index in [9.17, 15) is 0 Å². The lowest BCUT2D eigenvalue weighted by Gasteiger charge is -2.25. The minimum atomic E-state index is 0.411. The number of nitrogens with zero attached hydrogens (tertiary/aromatic N) is 6. The average Bonchev–Trinajstić information content (AvgIpc) is 3.95. The third-order valence-corrected chi connectivity index (χ3v) is 8.99. The fourth-order valence-electron chi connectivity index (χ4n) is 6.43. The summed E-state index contributed by atoms with van der Waals surface area (Å²) in [6, 6.07) is 64.9. The highest BCUT2D eigenvalue weighted by Gasteiger charge is 2.18. The predicted molar refractivity (Wildman–Crippen MR) is 213 cm³/mol. The quantitative estimate of drug-likeness (QED) is 0.139. The van der Waals surface area contributed by atoms with E-state index in [1.54, 1.807) is 0 Å². The fraction of sp³-hybridized carbons (Fsp3) is 0. The Morgan fingerprint density at radius 2 is 0.537 bits per heavy atom. The van der Waals surface area contributed by atoms with Gasteiger partial charge in [0.1, 0.15) is 0 Å². The van der Waals surface area contributed by atoms with Crippen LogP contribution in [0.4, 0.5) is 34.1 Å². The summed E-state index contributed by atoms with van der Waals surface area (Å²) in [6.45, 7) is 0. The zero-order chi connectivity index (χ0) is 36.1. The summed E-state index contributed by atoms with van der Waals surface area (Å²) in [4.78, 5) is 4.40. The zero-order valence-electron chi connectivity index (χ0n) is 29.0. The molecule has 0 N–H and O–H groups in total. The van der Waals surface area contributed by atoms with Crippen LogP contribution in [-0.4, -0.2) is 20.4 Å². The van der Waals surface area contributed by atoms with Crippen molar-refractivity contribution < 1.29 is 8.83 Å². The first-order valence-electron chi connectivity index (χ1n) is 17.6. The van der Waals surface area contributed by atoms with Crippen LogP contribution >= 0.6 is 0 Å². The van der Waals surface area contributed by atoms with Crippen molar-refractivity contribution in [3.63, 3.8) is 0 Å². The number of hydrogen-bond acceptors (Lipinski definition) is 8. The molecular weight excluding hydrogens is 669 g/mol. The van der Waals surface area contributed by atoms with Crippen molar-refractivity contribution >= 4 is 34.1 Å². The van der Waals surface area contributed by atoms with Crippen molar-refractivity contribution in [2.24, 2.45) is 0 Å². The molecule has 54 heavy (non-hydrogen) atoms. The van der Waals surface area contributed by atoms with E-state index in [1.165, 1.54) is 0 Å². The van der Waals surface area contributed by atoms with Crippen molar-refractivity contribution in [1.82, 2.24) is 20.4 Å². The van der Waals surface area contributed by atoms with Gasteiger partial charge in [0.15, 0.2) is 0 Å². The van der Waals surface area contributed by atoms with Gasteiger partial charge in [-0.2, -0.15) is 0 Å². The van der Waals surface area contributed by atoms with Gasteiger partial charge in [-0.3, -0.25) is 0 Å². The Morgan fingerprint density at radius 3 is 0.852 bits per heavy atom. The molecule has 0 atom stereocenters. The number of aromatic nitrogens is 4. The Bertz CT molecular complexity index is 2350. The summed E-state index contributed by atoms with van der Waals surface area (Å²) in [5.74, 6) is 1.68. The van der Waals surface area contributed by atoms with E-state index in [2.05, 4.69) is 103 Å². The van der Waals surface area contributed by atoms with Gasteiger partial charge in [0.2, 0.25) is 23.6 Å². The summed E-state index contributed by atoms with van der Waals surface area (Å²) >= 11 is 0. The highest BCUT2D eigenvalue weighted by atomic mass is 16.4. The van der Waals surface area contributed by atoms with Crippen molar-refractivity contribution in [2.45, 2.75) is 0 Å². The molecular formula is C46H32N6O2. The molecule has 2 aromatic heterocycles. The Labute approximate surface area is 312 Å². The molecule has 0 unspecified atom stereocenters. The number of benzene rings is 7. The molecule has 2 heterocycles. The van der Waals surface area contributed by atoms with E-state index >= 15 is 0 Å². The molecule has 8 nitrogen and oxygen atoms in total. The topological polar surface area (TPSA) is 84.3 Å². The van der Waals surface area contributed by atoms with Gasteiger partial charge in [-0.1, -0.05) is 84.9 Å². The molecule has 8 heteroatoms. The number of anilines is 6. The zero-order valence-corrected chi connectivity index (χ0v) is 29.0. The molecule has 0 radical (unpaired) electrons. The normalized spacial score (nSPS) is 11.0. The SMILES string of the molecule is c1ccc(N(c2ccccc2)c2cccc(-c3nnc(-c4ccc(-c5nnc(-c6cccc(N(c7ccccc7)c7ccccc7)c6)o5)cc4)o3)c2)cc1. The molecule has 0 aliphatic carbocycles. The third-order valence-electron chi connectivity index (χ3n) is 8.99. The molecule has 0 amide bonds. The van der Waals surface area contributed by atoms with E-state index in [0.717, 1.165) is 56.4 Å². The molecule has 0 saturated carbocycles. The minimum absolute atomic E-state index is 0.411. The molecule has 7 aromatic carbocycles. The van der Waals surface area contributed by atoms with Gasteiger partial charge >= 0.3 is 0 Å². The van der Waals surface area contributed by atoms with Gasteiger partial charge in [0.25, 0.3) is 0 Å². The van der Waals surface area contributed by atoms with Gasteiger partial charge in [-0.25, -0.2) is 0 Å². The Balaban J connectivity index is 0.951. The molecule has 0 fully saturated rings. The van der Waals surface area contributed by atoms with Crippen LogP contribution in [0.3, 0.4) is 0 Å². The third kappa shape index (κ3) is 6.63. The molecule has 0 bridgehead atoms. The van der Waals surface area contributed by atoms with E-state index in [-0.39, 0.29) is 0 Å². The molecule has 0 aliphatic heterocycles. The second-order valence-corrected chi connectivity index (χ2v) is 12.5. The lowest BCUT2D eigenvalue weighted by Crippen LogP contribution is -2.09. The summed E-state index contributed by atoms with van der Waals surface area (Å²) in [6.07, 6.45) is 0. The first-order chi connectivity index (χ1) is 26.8. The molecule has 0 spiro atoms. The first kappa shape index (κ1) is 32.3. The second kappa shape index (κ2) is 14.6. The predicted octanol–water partition coefficient (Wildman–Crippen LogP) is 12.1.